The van der Waals surface area contributed by atoms with Crippen LogP contribution >= 0.6 is 12.2 Å². The van der Waals surface area contributed by atoms with Gasteiger partial charge in [-0.15, -0.1) is 5.10 Å². The van der Waals surface area contributed by atoms with Crippen molar-refractivity contribution < 1.29 is 18.4 Å². The van der Waals surface area contributed by atoms with Gasteiger partial charge in [-0.05, 0) is 48.6 Å². The number of carbonyl (C=O) groups is 1. The highest BCUT2D eigenvalue weighted by Gasteiger charge is 2.27. The second-order valence-corrected chi connectivity index (χ2v) is 5.99. The van der Waals surface area contributed by atoms with Gasteiger partial charge in [0.25, 0.3) is 10.7 Å². The van der Waals surface area contributed by atoms with E-state index in [1.165, 1.54) is 0 Å². The summed E-state index contributed by atoms with van der Waals surface area (Å²) in [5.74, 6) is 1.08. The van der Waals surface area contributed by atoms with Crippen molar-refractivity contribution in [3.8, 4) is 11.5 Å². The molecule has 128 valence electrons. The smallest absolute Gasteiger partial charge is 0.284 e. The predicted octanol–water partition coefficient (Wildman–Crippen LogP) is 3.21. The number of H-pyrrole nitrogens is 1. The number of carbonyl (C=O) groups excluding carboxylic acids is 1. The molecule has 0 spiro atoms. The summed E-state index contributed by atoms with van der Waals surface area (Å²) >= 11 is 4.87. The third kappa shape index (κ3) is 3.26. The largest absolute Gasteiger partial charge is 0.467 e. The first-order valence-corrected chi connectivity index (χ1v) is 8.22. The molecule has 0 saturated carbocycles. The van der Waals surface area contributed by atoms with Crippen molar-refractivity contribution in [3.63, 3.8) is 0 Å². The number of benzene rings is 1. The number of amides is 1. The van der Waals surface area contributed by atoms with Crippen LogP contribution in [0.25, 0.3) is 11.5 Å². The van der Waals surface area contributed by atoms with Gasteiger partial charge < -0.3 is 18.5 Å². The summed E-state index contributed by atoms with van der Waals surface area (Å²) < 4.78 is 16.3. The lowest BCUT2D eigenvalue weighted by molar-refractivity contribution is -0.0321. The minimum Gasteiger partial charge on any atom is -0.467 e. The molecule has 0 unspecified atom stereocenters. The van der Waals surface area contributed by atoms with Gasteiger partial charge in [0.05, 0.1) is 19.4 Å². The monoisotopic (exact) mass is 357 g/mol. The molecule has 1 aliphatic heterocycles. The number of hydrogen-bond acceptors (Lipinski definition) is 6. The predicted molar refractivity (Wildman–Crippen MR) is 90.4 cm³/mol. The normalized spacial score (nSPS) is 17.6. The van der Waals surface area contributed by atoms with Crippen LogP contribution in [0.2, 0.25) is 0 Å². The number of ether oxygens (including phenoxy) is 1. The minimum absolute atomic E-state index is 0.0469. The summed E-state index contributed by atoms with van der Waals surface area (Å²) in [5.41, 5.74) is 1.34. The summed E-state index contributed by atoms with van der Waals surface area (Å²) in [5, 5.41) is 6.55. The molecule has 0 bridgehead atoms. The Morgan fingerprint density at radius 2 is 2.12 bits per heavy atom. The average Bonchev–Trinajstić information content (AvgIpc) is 3.33. The lowest BCUT2D eigenvalue weighted by Gasteiger charge is -2.32. The lowest BCUT2D eigenvalue weighted by atomic mass is 10.1. The van der Waals surface area contributed by atoms with E-state index >= 15 is 0 Å². The van der Waals surface area contributed by atoms with Gasteiger partial charge in [0, 0.05) is 17.7 Å². The van der Waals surface area contributed by atoms with Crippen LogP contribution in [0.5, 0.6) is 0 Å². The van der Waals surface area contributed by atoms with Crippen LogP contribution in [0.1, 0.15) is 22.2 Å². The molecule has 25 heavy (non-hydrogen) atoms. The van der Waals surface area contributed by atoms with E-state index in [4.69, 9.17) is 25.8 Å². The molecular formula is C17H15N3O4S. The fourth-order valence-electron chi connectivity index (χ4n) is 2.77. The Hall–Kier alpha value is -2.71. The van der Waals surface area contributed by atoms with Crippen molar-refractivity contribution in [1.82, 2.24) is 15.1 Å². The molecule has 1 aromatic carbocycles. The number of hydrogen-bond donors (Lipinski definition) is 1. The molecule has 0 aliphatic carbocycles. The molecule has 3 aromatic rings. The molecule has 8 heteroatoms. The van der Waals surface area contributed by atoms with Gasteiger partial charge in [0.2, 0.25) is 5.89 Å². The number of aromatic amines is 1. The van der Waals surface area contributed by atoms with E-state index in [0.717, 1.165) is 11.3 Å². The maximum absolute atomic E-state index is 12.7. The molecule has 7 nitrogen and oxygen atoms in total. The summed E-state index contributed by atoms with van der Waals surface area (Å²) in [4.78, 5) is 14.7. The van der Waals surface area contributed by atoms with E-state index in [2.05, 4.69) is 10.2 Å². The van der Waals surface area contributed by atoms with Gasteiger partial charge in [-0.2, -0.15) is 0 Å². The van der Waals surface area contributed by atoms with E-state index < -0.39 is 0 Å². The van der Waals surface area contributed by atoms with Gasteiger partial charge in [-0.1, -0.05) is 0 Å². The van der Waals surface area contributed by atoms with Gasteiger partial charge in [-0.25, -0.2) is 5.10 Å². The zero-order valence-electron chi connectivity index (χ0n) is 13.2. The standard InChI is InChI=1S/C17H15N3O4S/c21-16(20-7-9-23-14(10-20)13-2-1-8-22-13)12-5-3-11(4-6-12)15-18-19-17(25)24-15/h1-6,8,14H,7,9-10H2,(H,19,25)/t14-/m0/s1. The molecular weight excluding hydrogens is 342 g/mol. The highest BCUT2D eigenvalue weighted by Crippen LogP contribution is 2.24. The number of morpholine rings is 1. The molecule has 1 atom stereocenters. The van der Waals surface area contributed by atoms with E-state index in [-0.39, 0.29) is 16.8 Å². The van der Waals surface area contributed by atoms with E-state index in [9.17, 15) is 4.79 Å². The van der Waals surface area contributed by atoms with Crippen molar-refractivity contribution in [2.75, 3.05) is 19.7 Å². The third-order valence-corrected chi connectivity index (χ3v) is 4.21. The van der Waals surface area contributed by atoms with Crippen molar-refractivity contribution in [3.05, 3.63) is 58.8 Å². The van der Waals surface area contributed by atoms with Crippen LogP contribution in [0, 0.1) is 4.84 Å². The molecule has 0 radical (unpaired) electrons. The Bertz CT molecular complexity index is 914. The van der Waals surface area contributed by atoms with Gasteiger partial charge in [0.1, 0.15) is 11.9 Å². The second-order valence-electron chi connectivity index (χ2n) is 5.62. The molecule has 3 heterocycles. The van der Waals surface area contributed by atoms with Crippen LogP contribution in [-0.2, 0) is 4.74 Å². The first kappa shape index (κ1) is 15.8. The zero-order chi connectivity index (χ0) is 17.2. The summed E-state index contributed by atoms with van der Waals surface area (Å²) in [7, 11) is 0. The van der Waals surface area contributed by atoms with Crippen molar-refractivity contribution >= 4 is 18.1 Å². The maximum atomic E-state index is 12.7. The van der Waals surface area contributed by atoms with Crippen molar-refractivity contribution in [2.24, 2.45) is 0 Å². The SMILES string of the molecule is O=C(c1ccc(-c2n[nH]c(=S)o2)cc1)N1CCO[C@H](c2ccco2)C1. The van der Waals surface area contributed by atoms with E-state index in [1.54, 1.807) is 35.4 Å². The second kappa shape index (κ2) is 6.66. The van der Waals surface area contributed by atoms with E-state index in [0.29, 0.717) is 31.2 Å². The van der Waals surface area contributed by atoms with Gasteiger partial charge in [0.15, 0.2) is 0 Å². The number of nitrogens with one attached hydrogen (secondary N) is 1. The number of rotatable bonds is 3. The number of aromatic nitrogens is 2. The number of furan rings is 1. The molecule has 1 N–H and O–H groups in total. The van der Waals surface area contributed by atoms with Gasteiger partial charge in [-0.3, -0.25) is 4.79 Å². The molecule has 1 fully saturated rings. The average molecular weight is 357 g/mol. The topological polar surface area (TPSA) is 84.5 Å². The third-order valence-electron chi connectivity index (χ3n) is 4.03. The summed E-state index contributed by atoms with van der Waals surface area (Å²) in [6, 6.07) is 10.7. The zero-order valence-corrected chi connectivity index (χ0v) is 14.0. The Kier molecular flexibility index (Phi) is 4.21. The minimum atomic E-state index is -0.236. The van der Waals surface area contributed by atoms with Crippen LogP contribution in [0.3, 0.4) is 0 Å². The van der Waals surface area contributed by atoms with Gasteiger partial charge >= 0.3 is 0 Å². The molecule has 2 aromatic heterocycles. The number of nitrogens with zero attached hydrogens (tertiary/aromatic N) is 2. The Morgan fingerprint density at radius 1 is 1.28 bits per heavy atom. The van der Waals surface area contributed by atoms with Crippen LogP contribution in [-0.4, -0.2) is 40.7 Å². The Balaban J connectivity index is 1.49. The van der Waals surface area contributed by atoms with E-state index in [1.807, 2.05) is 12.1 Å². The molecule has 4 rings (SSSR count). The molecule has 1 amide bonds. The quantitative estimate of drug-likeness (QED) is 0.725. The first-order valence-electron chi connectivity index (χ1n) is 7.81. The molecule has 1 saturated heterocycles. The Morgan fingerprint density at radius 3 is 2.80 bits per heavy atom. The fraction of sp³-hybridized carbons (Fsp3) is 0.235. The van der Waals surface area contributed by atoms with Crippen LogP contribution < -0.4 is 0 Å². The molecule has 1 aliphatic rings. The lowest BCUT2D eigenvalue weighted by Crippen LogP contribution is -2.42. The van der Waals surface area contributed by atoms with Crippen molar-refractivity contribution in [2.45, 2.75) is 6.10 Å². The summed E-state index contributed by atoms with van der Waals surface area (Å²) in [6.07, 6.45) is 1.37. The maximum Gasteiger partial charge on any atom is 0.284 e. The summed E-state index contributed by atoms with van der Waals surface area (Å²) in [6.45, 7) is 1.48. The highest BCUT2D eigenvalue weighted by atomic mass is 32.1. The Labute approximate surface area is 148 Å². The van der Waals surface area contributed by atoms with Crippen LogP contribution in [0.15, 0.2) is 51.5 Å². The van der Waals surface area contributed by atoms with Crippen LogP contribution in [0.4, 0.5) is 0 Å². The highest BCUT2D eigenvalue weighted by molar-refractivity contribution is 7.71. The van der Waals surface area contributed by atoms with Crippen molar-refractivity contribution in [1.29, 1.82) is 0 Å². The first-order chi connectivity index (χ1) is 12.2. The fourth-order valence-corrected chi connectivity index (χ4v) is 2.90.